The third kappa shape index (κ3) is 4.10. The van der Waals surface area contributed by atoms with Crippen LogP contribution in [-0.2, 0) is 16.1 Å². The van der Waals surface area contributed by atoms with Gasteiger partial charge in [-0.3, -0.25) is 4.79 Å². The predicted molar refractivity (Wildman–Crippen MR) is 110 cm³/mol. The molecule has 0 bridgehead atoms. The summed E-state index contributed by atoms with van der Waals surface area (Å²) in [4.78, 5) is 16.8. The lowest BCUT2D eigenvalue weighted by Gasteiger charge is -2.07. The van der Waals surface area contributed by atoms with Gasteiger partial charge >= 0.3 is 0 Å². The van der Waals surface area contributed by atoms with E-state index in [0.717, 1.165) is 33.7 Å². The number of amides is 1. The highest BCUT2D eigenvalue weighted by Crippen LogP contribution is 2.22. The number of carbonyl (C=O) groups is 1. The molecule has 0 aliphatic heterocycles. The number of imidazole rings is 1. The molecule has 2 heterocycles. The van der Waals surface area contributed by atoms with Gasteiger partial charge in [-0.15, -0.1) is 0 Å². The fraction of sp³-hybridized carbons (Fsp3) is 0.130. The molecule has 2 aromatic heterocycles. The Balaban J connectivity index is 1.36. The fourth-order valence-corrected chi connectivity index (χ4v) is 3.05. The second kappa shape index (κ2) is 8.06. The summed E-state index contributed by atoms with van der Waals surface area (Å²) in [6.07, 6.45) is 4.00. The van der Waals surface area contributed by atoms with Crippen LogP contribution in [0.5, 0.6) is 0 Å². The summed E-state index contributed by atoms with van der Waals surface area (Å²) in [5, 5.41) is 2.85. The summed E-state index contributed by atoms with van der Waals surface area (Å²) in [5.74, 6) is -0.174. The lowest BCUT2D eigenvalue weighted by molar-refractivity contribution is -0.121. The standard InChI is InChI=1S/C23H21N3O2/c1-17-6-5-13-26-14-21(25-23(17)26)19-9-11-20(12-10-19)24-22(27)16-28-15-18-7-3-2-4-8-18/h2-14H,15-16H2,1H3,(H,24,27). The van der Waals surface area contributed by atoms with Crippen molar-refractivity contribution in [3.05, 3.63) is 90.3 Å². The summed E-state index contributed by atoms with van der Waals surface area (Å²) in [6.45, 7) is 2.48. The molecule has 0 fully saturated rings. The largest absolute Gasteiger partial charge is 0.367 e. The molecule has 28 heavy (non-hydrogen) atoms. The SMILES string of the molecule is Cc1cccn2cc(-c3ccc(NC(=O)COCc4ccccc4)cc3)nc12. The number of hydrogen-bond acceptors (Lipinski definition) is 3. The Bertz CT molecular complexity index is 1090. The van der Waals surface area contributed by atoms with Crippen LogP contribution < -0.4 is 5.32 Å². The van der Waals surface area contributed by atoms with E-state index in [-0.39, 0.29) is 12.5 Å². The van der Waals surface area contributed by atoms with E-state index < -0.39 is 0 Å². The molecule has 5 heteroatoms. The van der Waals surface area contributed by atoms with E-state index in [1.165, 1.54) is 0 Å². The Hall–Kier alpha value is -3.44. The zero-order valence-electron chi connectivity index (χ0n) is 15.6. The Kier molecular flexibility index (Phi) is 5.17. The predicted octanol–water partition coefficient (Wildman–Crippen LogP) is 4.47. The molecule has 0 spiro atoms. The third-order valence-corrected chi connectivity index (χ3v) is 4.49. The van der Waals surface area contributed by atoms with Gasteiger partial charge < -0.3 is 14.5 Å². The average molecular weight is 371 g/mol. The lowest BCUT2D eigenvalue weighted by atomic mass is 10.1. The monoisotopic (exact) mass is 371 g/mol. The molecular weight excluding hydrogens is 350 g/mol. The normalized spacial score (nSPS) is 10.9. The first-order chi connectivity index (χ1) is 13.7. The van der Waals surface area contributed by atoms with E-state index >= 15 is 0 Å². The summed E-state index contributed by atoms with van der Waals surface area (Å²) in [6, 6.07) is 21.5. The van der Waals surface area contributed by atoms with Gasteiger partial charge in [0.05, 0.1) is 12.3 Å². The molecule has 0 aliphatic rings. The molecule has 0 atom stereocenters. The maximum atomic E-state index is 12.1. The van der Waals surface area contributed by atoms with E-state index in [1.54, 1.807) is 0 Å². The molecule has 0 unspecified atom stereocenters. The van der Waals surface area contributed by atoms with E-state index in [1.807, 2.05) is 90.4 Å². The van der Waals surface area contributed by atoms with Crippen molar-refractivity contribution in [2.24, 2.45) is 0 Å². The van der Waals surface area contributed by atoms with Gasteiger partial charge in [-0.05, 0) is 36.2 Å². The molecule has 0 saturated heterocycles. The molecule has 0 radical (unpaired) electrons. The zero-order valence-corrected chi connectivity index (χ0v) is 15.6. The molecule has 140 valence electrons. The fourth-order valence-electron chi connectivity index (χ4n) is 3.05. The smallest absolute Gasteiger partial charge is 0.250 e. The Labute approximate surface area is 163 Å². The van der Waals surface area contributed by atoms with Crippen molar-refractivity contribution in [1.29, 1.82) is 0 Å². The first kappa shape index (κ1) is 17.9. The average Bonchev–Trinajstić information content (AvgIpc) is 3.15. The second-order valence-electron chi connectivity index (χ2n) is 6.65. The van der Waals surface area contributed by atoms with Crippen LogP contribution in [0.2, 0.25) is 0 Å². The van der Waals surface area contributed by atoms with Crippen LogP contribution in [0.3, 0.4) is 0 Å². The van der Waals surface area contributed by atoms with Gasteiger partial charge in [0.1, 0.15) is 12.3 Å². The maximum absolute atomic E-state index is 12.1. The molecule has 0 aliphatic carbocycles. The van der Waals surface area contributed by atoms with Crippen molar-refractivity contribution in [3.8, 4) is 11.3 Å². The van der Waals surface area contributed by atoms with Gasteiger partial charge in [0, 0.05) is 23.6 Å². The molecule has 0 saturated carbocycles. The van der Waals surface area contributed by atoms with Gasteiger partial charge in [0.15, 0.2) is 0 Å². The first-order valence-electron chi connectivity index (χ1n) is 9.15. The summed E-state index contributed by atoms with van der Waals surface area (Å²) < 4.78 is 7.49. The molecule has 4 rings (SSSR count). The number of rotatable bonds is 6. The Morgan fingerprint density at radius 1 is 1.04 bits per heavy atom. The van der Waals surface area contributed by atoms with Gasteiger partial charge in [-0.2, -0.15) is 0 Å². The number of anilines is 1. The topological polar surface area (TPSA) is 55.6 Å². The zero-order chi connectivity index (χ0) is 19.3. The number of pyridine rings is 1. The number of hydrogen-bond donors (Lipinski definition) is 1. The molecule has 5 nitrogen and oxygen atoms in total. The van der Waals surface area contributed by atoms with Gasteiger partial charge in [-0.25, -0.2) is 4.98 Å². The van der Waals surface area contributed by atoms with Gasteiger partial charge in [0.25, 0.3) is 0 Å². The van der Waals surface area contributed by atoms with Crippen LogP contribution in [0.15, 0.2) is 79.1 Å². The van der Waals surface area contributed by atoms with E-state index in [0.29, 0.717) is 6.61 Å². The van der Waals surface area contributed by atoms with Gasteiger partial charge in [0.2, 0.25) is 5.91 Å². The summed E-state index contributed by atoms with van der Waals surface area (Å²) in [5.41, 5.74) is 5.76. The Morgan fingerprint density at radius 2 is 1.82 bits per heavy atom. The van der Waals surface area contributed by atoms with Crippen LogP contribution in [0.4, 0.5) is 5.69 Å². The minimum Gasteiger partial charge on any atom is -0.367 e. The summed E-state index contributed by atoms with van der Waals surface area (Å²) >= 11 is 0. The van der Waals surface area contributed by atoms with Crippen molar-refractivity contribution in [3.63, 3.8) is 0 Å². The van der Waals surface area contributed by atoms with E-state index in [9.17, 15) is 4.79 Å². The minimum absolute atomic E-state index is 0.0162. The van der Waals surface area contributed by atoms with Crippen molar-refractivity contribution in [2.75, 3.05) is 11.9 Å². The number of benzene rings is 2. The quantitative estimate of drug-likeness (QED) is 0.544. The number of nitrogens with zero attached hydrogens (tertiary/aromatic N) is 2. The molecule has 1 amide bonds. The number of nitrogens with one attached hydrogen (secondary N) is 1. The van der Waals surface area contributed by atoms with Crippen molar-refractivity contribution in [1.82, 2.24) is 9.38 Å². The highest BCUT2D eigenvalue weighted by atomic mass is 16.5. The van der Waals surface area contributed by atoms with Crippen LogP contribution >= 0.6 is 0 Å². The highest BCUT2D eigenvalue weighted by molar-refractivity contribution is 5.91. The highest BCUT2D eigenvalue weighted by Gasteiger charge is 2.07. The molecule has 2 aromatic carbocycles. The van der Waals surface area contributed by atoms with Crippen LogP contribution in [-0.4, -0.2) is 21.9 Å². The third-order valence-electron chi connectivity index (χ3n) is 4.49. The number of carbonyl (C=O) groups excluding carboxylic acids is 1. The first-order valence-corrected chi connectivity index (χ1v) is 9.15. The maximum Gasteiger partial charge on any atom is 0.250 e. The van der Waals surface area contributed by atoms with Crippen molar-refractivity contribution < 1.29 is 9.53 Å². The molecule has 1 N–H and O–H groups in total. The van der Waals surface area contributed by atoms with Crippen LogP contribution in [0, 0.1) is 6.92 Å². The van der Waals surface area contributed by atoms with Crippen molar-refractivity contribution in [2.45, 2.75) is 13.5 Å². The van der Waals surface area contributed by atoms with Gasteiger partial charge in [-0.1, -0.05) is 48.5 Å². The number of aryl methyl sites for hydroxylation is 1. The number of ether oxygens (including phenoxy) is 1. The van der Waals surface area contributed by atoms with E-state index in [4.69, 9.17) is 9.72 Å². The van der Waals surface area contributed by atoms with E-state index in [2.05, 4.69) is 5.32 Å². The molecule has 4 aromatic rings. The summed E-state index contributed by atoms with van der Waals surface area (Å²) in [7, 11) is 0. The number of fused-ring (bicyclic) bond motifs is 1. The minimum atomic E-state index is -0.174. The van der Waals surface area contributed by atoms with Crippen molar-refractivity contribution >= 4 is 17.2 Å². The Morgan fingerprint density at radius 3 is 2.57 bits per heavy atom. The molecular formula is C23H21N3O2. The van der Waals surface area contributed by atoms with Crippen LogP contribution in [0.1, 0.15) is 11.1 Å². The van der Waals surface area contributed by atoms with Crippen LogP contribution in [0.25, 0.3) is 16.9 Å². The lowest BCUT2D eigenvalue weighted by Crippen LogP contribution is -2.18. The number of aromatic nitrogens is 2. The second-order valence-corrected chi connectivity index (χ2v) is 6.65.